The first-order chi connectivity index (χ1) is 9.17. The number of amides is 1. The number of esters is 1. The van der Waals surface area contributed by atoms with Crippen molar-refractivity contribution in [1.82, 2.24) is 0 Å². The van der Waals surface area contributed by atoms with Crippen molar-refractivity contribution in [3.05, 3.63) is 29.8 Å². The second kappa shape index (κ2) is 5.81. The standard InChI is InChI=1S/C13H16N2O4/c1-18-13(17)9-3-2-4-10(5-9)15-11(6-14)7-19-8-12(15)16/h2-5,11H,6-8,14H2,1H3. The summed E-state index contributed by atoms with van der Waals surface area (Å²) in [7, 11) is 1.32. The zero-order chi connectivity index (χ0) is 13.8. The lowest BCUT2D eigenvalue weighted by Gasteiger charge is -2.34. The van der Waals surface area contributed by atoms with Gasteiger partial charge in [-0.3, -0.25) is 4.79 Å². The summed E-state index contributed by atoms with van der Waals surface area (Å²) < 4.78 is 9.84. The molecule has 0 bridgehead atoms. The highest BCUT2D eigenvalue weighted by atomic mass is 16.5. The summed E-state index contributed by atoms with van der Waals surface area (Å²) in [5.74, 6) is -0.601. The predicted molar refractivity (Wildman–Crippen MR) is 68.9 cm³/mol. The monoisotopic (exact) mass is 264 g/mol. The van der Waals surface area contributed by atoms with Gasteiger partial charge in [0.1, 0.15) is 6.61 Å². The normalized spacial score (nSPS) is 19.4. The Hall–Kier alpha value is -1.92. The highest BCUT2D eigenvalue weighted by Gasteiger charge is 2.29. The molecule has 1 aliphatic rings. The van der Waals surface area contributed by atoms with Gasteiger partial charge in [0.15, 0.2) is 0 Å². The summed E-state index contributed by atoms with van der Waals surface area (Å²) >= 11 is 0. The smallest absolute Gasteiger partial charge is 0.337 e. The van der Waals surface area contributed by atoms with Crippen molar-refractivity contribution < 1.29 is 19.1 Å². The number of ether oxygens (including phenoxy) is 2. The van der Waals surface area contributed by atoms with E-state index >= 15 is 0 Å². The van der Waals surface area contributed by atoms with Gasteiger partial charge in [-0.25, -0.2) is 4.79 Å². The van der Waals surface area contributed by atoms with Gasteiger partial charge >= 0.3 is 5.97 Å². The molecular formula is C13H16N2O4. The van der Waals surface area contributed by atoms with E-state index < -0.39 is 5.97 Å². The molecule has 0 spiro atoms. The number of morpholine rings is 1. The molecule has 1 fully saturated rings. The second-order valence-corrected chi connectivity index (χ2v) is 4.21. The van der Waals surface area contributed by atoms with Crippen LogP contribution in [0.5, 0.6) is 0 Å². The lowest BCUT2D eigenvalue weighted by molar-refractivity contribution is -0.127. The van der Waals surface area contributed by atoms with E-state index in [0.29, 0.717) is 24.4 Å². The highest BCUT2D eigenvalue weighted by molar-refractivity contribution is 5.97. The fourth-order valence-electron chi connectivity index (χ4n) is 2.06. The van der Waals surface area contributed by atoms with E-state index in [1.165, 1.54) is 7.11 Å². The molecule has 0 aliphatic carbocycles. The summed E-state index contributed by atoms with van der Waals surface area (Å²) in [6.07, 6.45) is 0. The molecule has 1 atom stereocenters. The van der Waals surface area contributed by atoms with Crippen LogP contribution >= 0.6 is 0 Å². The average Bonchev–Trinajstić information content (AvgIpc) is 2.46. The number of carbonyl (C=O) groups is 2. The molecule has 1 aromatic rings. The number of methoxy groups -OCH3 is 1. The van der Waals surface area contributed by atoms with Crippen LogP contribution in [0.3, 0.4) is 0 Å². The van der Waals surface area contributed by atoms with E-state index in [9.17, 15) is 9.59 Å². The third-order valence-electron chi connectivity index (χ3n) is 2.99. The van der Waals surface area contributed by atoms with Gasteiger partial charge in [0.05, 0.1) is 25.3 Å². The minimum Gasteiger partial charge on any atom is -0.465 e. The third-order valence-corrected chi connectivity index (χ3v) is 2.99. The van der Waals surface area contributed by atoms with Crippen molar-refractivity contribution >= 4 is 17.6 Å². The van der Waals surface area contributed by atoms with Gasteiger partial charge in [-0.2, -0.15) is 0 Å². The van der Waals surface area contributed by atoms with Crippen LogP contribution in [0.1, 0.15) is 10.4 Å². The van der Waals surface area contributed by atoms with E-state index in [4.69, 9.17) is 10.5 Å². The topological polar surface area (TPSA) is 81.9 Å². The molecule has 0 saturated carbocycles. The maximum absolute atomic E-state index is 11.9. The first kappa shape index (κ1) is 13.5. The number of rotatable bonds is 3. The average molecular weight is 264 g/mol. The lowest BCUT2D eigenvalue weighted by Crippen LogP contribution is -2.53. The van der Waals surface area contributed by atoms with Crippen molar-refractivity contribution in [1.29, 1.82) is 0 Å². The highest BCUT2D eigenvalue weighted by Crippen LogP contribution is 2.21. The van der Waals surface area contributed by atoms with Gasteiger partial charge in [0.25, 0.3) is 5.91 Å². The molecule has 1 amide bonds. The number of benzene rings is 1. The van der Waals surface area contributed by atoms with Crippen LogP contribution in [0, 0.1) is 0 Å². The Kier molecular flexibility index (Phi) is 4.13. The van der Waals surface area contributed by atoms with E-state index in [-0.39, 0.29) is 18.6 Å². The molecule has 2 N–H and O–H groups in total. The number of nitrogens with two attached hydrogens (primary N) is 1. The molecule has 19 heavy (non-hydrogen) atoms. The van der Waals surface area contributed by atoms with Crippen molar-refractivity contribution in [3.8, 4) is 0 Å². The van der Waals surface area contributed by atoms with Crippen molar-refractivity contribution in [2.45, 2.75) is 6.04 Å². The molecule has 2 rings (SSSR count). The van der Waals surface area contributed by atoms with Crippen molar-refractivity contribution in [2.75, 3.05) is 31.8 Å². The van der Waals surface area contributed by atoms with Crippen LogP contribution in [0.15, 0.2) is 24.3 Å². The zero-order valence-corrected chi connectivity index (χ0v) is 10.7. The molecule has 102 valence electrons. The van der Waals surface area contributed by atoms with Gasteiger partial charge in [-0.05, 0) is 18.2 Å². The molecule has 1 unspecified atom stereocenters. The Balaban J connectivity index is 2.33. The number of hydrogen-bond acceptors (Lipinski definition) is 5. The molecule has 0 aromatic heterocycles. The minimum absolute atomic E-state index is 0.0267. The summed E-state index contributed by atoms with van der Waals surface area (Å²) in [5, 5.41) is 0. The van der Waals surface area contributed by atoms with Gasteiger partial charge in [-0.15, -0.1) is 0 Å². The molecule has 1 aliphatic heterocycles. The van der Waals surface area contributed by atoms with Crippen LogP contribution in [-0.4, -0.2) is 44.8 Å². The third kappa shape index (κ3) is 2.74. The molecule has 6 nitrogen and oxygen atoms in total. The van der Waals surface area contributed by atoms with Gasteiger partial charge in [0, 0.05) is 12.2 Å². The maximum atomic E-state index is 11.9. The molecular weight excluding hydrogens is 248 g/mol. The minimum atomic E-state index is -0.438. The van der Waals surface area contributed by atoms with E-state index in [2.05, 4.69) is 4.74 Å². The zero-order valence-electron chi connectivity index (χ0n) is 10.7. The molecule has 1 heterocycles. The van der Waals surface area contributed by atoms with Gasteiger partial charge < -0.3 is 20.1 Å². The molecule has 6 heteroatoms. The first-order valence-corrected chi connectivity index (χ1v) is 5.95. The number of anilines is 1. The molecule has 1 aromatic carbocycles. The summed E-state index contributed by atoms with van der Waals surface area (Å²) in [4.78, 5) is 25.0. The van der Waals surface area contributed by atoms with Crippen LogP contribution in [0.4, 0.5) is 5.69 Å². The van der Waals surface area contributed by atoms with Gasteiger partial charge in [-0.1, -0.05) is 6.07 Å². The summed E-state index contributed by atoms with van der Waals surface area (Å²) in [6.45, 7) is 0.720. The number of carbonyl (C=O) groups excluding carboxylic acids is 2. The van der Waals surface area contributed by atoms with Crippen LogP contribution in [0.2, 0.25) is 0 Å². The van der Waals surface area contributed by atoms with Crippen molar-refractivity contribution in [2.24, 2.45) is 5.73 Å². The SMILES string of the molecule is COC(=O)c1cccc(N2C(=O)COCC2CN)c1. The quantitative estimate of drug-likeness (QED) is 0.787. The van der Waals surface area contributed by atoms with Crippen LogP contribution in [-0.2, 0) is 14.3 Å². The Bertz CT molecular complexity index is 489. The Labute approximate surface area is 111 Å². The summed E-state index contributed by atoms with van der Waals surface area (Å²) in [5.41, 5.74) is 6.68. The van der Waals surface area contributed by atoms with E-state index in [1.54, 1.807) is 29.2 Å². The Morgan fingerprint density at radius 3 is 3.05 bits per heavy atom. The second-order valence-electron chi connectivity index (χ2n) is 4.21. The fraction of sp³-hybridized carbons (Fsp3) is 0.385. The Morgan fingerprint density at radius 2 is 2.37 bits per heavy atom. The number of hydrogen-bond donors (Lipinski definition) is 1. The summed E-state index contributed by atoms with van der Waals surface area (Å²) in [6, 6.07) is 6.51. The van der Waals surface area contributed by atoms with Gasteiger partial charge in [0.2, 0.25) is 0 Å². The van der Waals surface area contributed by atoms with Crippen LogP contribution in [0.25, 0.3) is 0 Å². The number of nitrogens with zero attached hydrogens (tertiary/aromatic N) is 1. The Morgan fingerprint density at radius 1 is 1.58 bits per heavy atom. The first-order valence-electron chi connectivity index (χ1n) is 5.95. The molecule has 0 radical (unpaired) electrons. The fourth-order valence-corrected chi connectivity index (χ4v) is 2.06. The van der Waals surface area contributed by atoms with Crippen LogP contribution < -0.4 is 10.6 Å². The van der Waals surface area contributed by atoms with E-state index in [1.807, 2.05) is 0 Å². The lowest BCUT2D eigenvalue weighted by atomic mass is 10.1. The predicted octanol–water partition coefficient (Wildman–Crippen LogP) is 0.164. The largest absolute Gasteiger partial charge is 0.465 e. The van der Waals surface area contributed by atoms with E-state index in [0.717, 1.165) is 0 Å². The van der Waals surface area contributed by atoms with Crippen molar-refractivity contribution in [3.63, 3.8) is 0 Å². The molecule has 1 saturated heterocycles. The maximum Gasteiger partial charge on any atom is 0.337 e.